The number of carbonyl (C=O) groups is 1. The Bertz CT molecular complexity index is 358. The van der Waals surface area contributed by atoms with Crippen molar-refractivity contribution in [3.63, 3.8) is 0 Å². The number of aromatic nitrogens is 2. The van der Waals surface area contributed by atoms with Gasteiger partial charge in [0.25, 0.3) is 5.91 Å². The highest BCUT2D eigenvalue weighted by atomic mass is 16.1. The number of amides is 1. The summed E-state index contributed by atoms with van der Waals surface area (Å²) in [6.07, 6.45) is 4.55. The SMILES string of the molecule is CNC(=O)/C(C#N)=C/c1ncc[nH]1. The molecule has 0 spiro atoms. The summed E-state index contributed by atoms with van der Waals surface area (Å²) < 4.78 is 0. The summed E-state index contributed by atoms with van der Waals surface area (Å²) in [4.78, 5) is 17.6. The second kappa shape index (κ2) is 4.07. The smallest absolute Gasteiger partial charge is 0.261 e. The van der Waals surface area contributed by atoms with Gasteiger partial charge in [-0.3, -0.25) is 4.79 Å². The van der Waals surface area contributed by atoms with Crippen LogP contribution in [0.4, 0.5) is 0 Å². The molecule has 13 heavy (non-hydrogen) atoms. The van der Waals surface area contributed by atoms with Crippen molar-refractivity contribution in [3.05, 3.63) is 23.8 Å². The molecule has 0 fully saturated rings. The van der Waals surface area contributed by atoms with Crippen LogP contribution in [0.5, 0.6) is 0 Å². The van der Waals surface area contributed by atoms with Crippen LogP contribution in [-0.2, 0) is 4.79 Å². The first-order chi connectivity index (χ1) is 6.27. The molecule has 5 nitrogen and oxygen atoms in total. The number of nitrogens with one attached hydrogen (secondary N) is 2. The molecule has 0 unspecified atom stereocenters. The second-order valence-electron chi connectivity index (χ2n) is 2.22. The van der Waals surface area contributed by atoms with Gasteiger partial charge in [-0.05, 0) is 0 Å². The first-order valence-corrected chi connectivity index (χ1v) is 3.61. The van der Waals surface area contributed by atoms with Gasteiger partial charge in [-0.1, -0.05) is 0 Å². The Kier molecular flexibility index (Phi) is 2.82. The van der Waals surface area contributed by atoms with Crippen LogP contribution in [0.2, 0.25) is 0 Å². The molecular weight excluding hydrogens is 168 g/mol. The van der Waals surface area contributed by atoms with E-state index >= 15 is 0 Å². The Labute approximate surface area is 75.1 Å². The van der Waals surface area contributed by atoms with E-state index < -0.39 is 5.91 Å². The maximum Gasteiger partial charge on any atom is 0.261 e. The topological polar surface area (TPSA) is 81.6 Å². The summed E-state index contributed by atoms with van der Waals surface area (Å²) in [6, 6.07) is 1.78. The minimum Gasteiger partial charge on any atom is -0.354 e. The van der Waals surface area contributed by atoms with Gasteiger partial charge in [0.1, 0.15) is 17.5 Å². The van der Waals surface area contributed by atoms with Crippen LogP contribution >= 0.6 is 0 Å². The largest absolute Gasteiger partial charge is 0.354 e. The number of rotatable bonds is 2. The Balaban J connectivity index is 2.91. The molecule has 1 aromatic heterocycles. The molecule has 0 saturated heterocycles. The molecule has 0 aliphatic heterocycles. The van der Waals surface area contributed by atoms with Crippen molar-refractivity contribution in [1.29, 1.82) is 5.26 Å². The van der Waals surface area contributed by atoms with E-state index in [0.29, 0.717) is 5.82 Å². The molecule has 1 amide bonds. The van der Waals surface area contributed by atoms with Crippen LogP contribution < -0.4 is 5.32 Å². The van der Waals surface area contributed by atoms with Gasteiger partial charge in [0, 0.05) is 25.5 Å². The first-order valence-electron chi connectivity index (χ1n) is 3.61. The van der Waals surface area contributed by atoms with Crippen molar-refractivity contribution in [2.75, 3.05) is 7.05 Å². The second-order valence-corrected chi connectivity index (χ2v) is 2.22. The molecule has 2 N–H and O–H groups in total. The molecule has 1 rings (SSSR count). The van der Waals surface area contributed by atoms with Gasteiger partial charge >= 0.3 is 0 Å². The van der Waals surface area contributed by atoms with Crippen molar-refractivity contribution in [3.8, 4) is 6.07 Å². The number of imidazole rings is 1. The van der Waals surface area contributed by atoms with Crippen LogP contribution in [0.15, 0.2) is 18.0 Å². The minimum absolute atomic E-state index is 0.0254. The lowest BCUT2D eigenvalue weighted by atomic mass is 10.2. The Morgan fingerprint density at radius 2 is 2.62 bits per heavy atom. The van der Waals surface area contributed by atoms with Crippen LogP contribution in [0.3, 0.4) is 0 Å². The zero-order valence-corrected chi connectivity index (χ0v) is 7.03. The van der Waals surface area contributed by atoms with Gasteiger partial charge in [-0.15, -0.1) is 0 Å². The highest BCUT2D eigenvalue weighted by Gasteiger charge is 2.06. The number of likely N-dealkylation sites (N-methyl/N-ethyl adjacent to an activating group) is 1. The normalized spacial score (nSPS) is 10.6. The molecule has 0 aliphatic rings. The quantitative estimate of drug-likeness (QED) is 0.494. The van der Waals surface area contributed by atoms with E-state index in [2.05, 4.69) is 15.3 Å². The third-order valence-corrected chi connectivity index (χ3v) is 1.39. The highest BCUT2D eigenvalue weighted by Crippen LogP contribution is 1.99. The number of aromatic amines is 1. The van der Waals surface area contributed by atoms with E-state index in [4.69, 9.17) is 5.26 Å². The fraction of sp³-hybridized carbons (Fsp3) is 0.125. The Morgan fingerprint density at radius 1 is 1.85 bits per heavy atom. The lowest BCUT2D eigenvalue weighted by Gasteiger charge is -1.94. The van der Waals surface area contributed by atoms with E-state index in [1.54, 1.807) is 18.5 Å². The lowest BCUT2D eigenvalue weighted by Crippen LogP contribution is -2.19. The van der Waals surface area contributed by atoms with E-state index in [-0.39, 0.29) is 5.57 Å². The van der Waals surface area contributed by atoms with Gasteiger partial charge in [0.05, 0.1) is 0 Å². The summed E-state index contributed by atoms with van der Waals surface area (Å²) in [7, 11) is 1.47. The molecule has 0 bridgehead atoms. The minimum atomic E-state index is -0.418. The summed E-state index contributed by atoms with van der Waals surface area (Å²) in [5, 5.41) is 11.0. The molecule has 0 aromatic carbocycles. The number of hydrogen-bond donors (Lipinski definition) is 2. The monoisotopic (exact) mass is 176 g/mol. The Morgan fingerprint density at radius 3 is 3.08 bits per heavy atom. The zero-order chi connectivity index (χ0) is 9.68. The summed E-state index contributed by atoms with van der Waals surface area (Å²) in [5.41, 5.74) is 0.0254. The molecule has 0 atom stereocenters. The third-order valence-electron chi connectivity index (χ3n) is 1.39. The van der Waals surface area contributed by atoms with Gasteiger partial charge < -0.3 is 10.3 Å². The molecule has 1 aromatic rings. The molecule has 0 aliphatic carbocycles. The van der Waals surface area contributed by atoms with Crippen molar-refractivity contribution < 1.29 is 4.79 Å². The van der Waals surface area contributed by atoms with Crippen molar-refractivity contribution in [1.82, 2.24) is 15.3 Å². The summed E-state index contributed by atoms with van der Waals surface area (Å²) >= 11 is 0. The predicted octanol–water partition coefficient (Wildman–Crippen LogP) is 0.0627. The van der Waals surface area contributed by atoms with Gasteiger partial charge in [0.2, 0.25) is 0 Å². The standard InChI is InChI=1S/C8H8N4O/c1-10-8(13)6(5-9)4-7-11-2-3-12-7/h2-4H,1H3,(H,10,13)(H,11,12)/b6-4+. The van der Waals surface area contributed by atoms with Crippen LogP contribution in [0.1, 0.15) is 5.82 Å². The fourth-order valence-electron chi connectivity index (χ4n) is 0.776. The lowest BCUT2D eigenvalue weighted by molar-refractivity contribution is -0.116. The maximum absolute atomic E-state index is 11.0. The number of hydrogen-bond acceptors (Lipinski definition) is 3. The fourth-order valence-corrected chi connectivity index (χ4v) is 0.776. The van der Waals surface area contributed by atoms with Crippen LogP contribution in [0, 0.1) is 11.3 Å². The van der Waals surface area contributed by atoms with Crippen LogP contribution in [0.25, 0.3) is 6.08 Å². The first kappa shape index (κ1) is 9.00. The van der Waals surface area contributed by atoms with E-state index in [9.17, 15) is 4.79 Å². The Hall–Kier alpha value is -2.09. The van der Waals surface area contributed by atoms with Crippen molar-refractivity contribution in [2.45, 2.75) is 0 Å². The molecule has 0 saturated carbocycles. The van der Waals surface area contributed by atoms with Gasteiger partial charge in [-0.2, -0.15) is 5.26 Å². The molecular formula is C8H8N4O. The number of nitriles is 1. The van der Waals surface area contributed by atoms with E-state index in [1.807, 2.05) is 0 Å². The predicted molar refractivity (Wildman–Crippen MR) is 46.2 cm³/mol. The van der Waals surface area contributed by atoms with Crippen molar-refractivity contribution in [2.24, 2.45) is 0 Å². The van der Waals surface area contributed by atoms with E-state index in [0.717, 1.165) is 0 Å². The highest BCUT2D eigenvalue weighted by molar-refractivity contribution is 6.01. The van der Waals surface area contributed by atoms with Crippen molar-refractivity contribution >= 4 is 12.0 Å². The van der Waals surface area contributed by atoms with Gasteiger partial charge in [-0.25, -0.2) is 4.98 Å². The number of carbonyl (C=O) groups excluding carboxylic acids is 1. The molecule has 66 valence electrons. The summed E-state index contributed by atoms with van der Waals surface area (Å²) in [6.45, 7) is 0. The number of H-pyrrole nitrogens is 1. The van der Waals surface area contributed by atoms with Gasteiger partial charge in [0.15, 0.2) is 0 Å². The third kappa shape index (κ3) is 2.17. The average Bonchev–Trinajstić information content (AvgIpc) is 2.65. The molecule has 1 heterocycles. The molecule has 0 radical (unpaired) electrons. The molecule has 5 heteroatoms. The maximum atomic E-state index is 11.0. The summed E-state index contributed by atoms with van der Waals surface area (Å²) in [5.74, 6) is 0.0686. The number of nitrogens with zero attached hydrogens (tertiary/aromatic N) is 2. The zero-order valence-electron chi connectivity index (χ0n) is 7.03. The van der Waals surface area contributed by atoms with Crippen LogP contribution in [-0.4, -0.2) is 22.9 Å². The van der Waals surface area contributed by atoms with E-state index in [1.165, 1.54) is 13.1 Å². The average molecular weight is 176 g/mol.